The molecule has 8 heteroatoms. The summed E-state index contributed by atoms with van der Waals surface area (Å²) in [6.45, 7) is 5.84. The second-order valence-corrected chi connectivity index (χ2v) is 8.11. The summed E-state index contributed by atoms with van der Waals surface area (Å²) >= 11 is 1.50. The van der Waals surface area contributed by atoms with Gasteiger partial charge in [-0.15, -0.1) is 11.3 Å². The zero-order valence-electron chi connectivity index (χ0n) is 17.4. The van der Waals surface area contributed by atoms with E-state index in [-0.39, 0.29) is 11.7 Å². The highest BCUT2D eigenvalue weighted by Crippen LogP contribution is 2.25. The predicted molar refractivity (Wildman–Crippen MR) is 121 cm³/mol. The van der Waals surface area contributed by atoms with E-state index in [1.807, 2.05) is 0 Å². The lowest BCUT2D eigenvalue weighted by atomic mass is 10.1. The van der Waals surface area contributed by atoms with Crippen LogP contribution in [0, 0.1) is 5.82 Å². The summed E-state index contributed by atoms with van der Waals surface area (Å²) in [5.41, 5.74) is 3.82. The number of nitrogens with one attached hydrogen (secondary N) is 1. The molecule has 0 unspecified atom stereocenters. The topological polar surface area (TPSA) is 58.9 Å². The molecule has 1 aliphatic heterocycles. The molecule has 3 aromatic rings. The number of ether oxygens (including phenoxy) is 1. The van der Waals surface area contributed by atoms with E-state index in [0.717, 1.165) is 42.4 Å². The van der Waals surface area contributed by atoms with Crippen LogP contribution in [-0.2, 0) is 16.1 Å². The number of anilines is 1. The first-order chi connectivity index (χ1) is 15.1. The number of thiazole rings is 1. The fourth-order valence-electron chi connectivity index (χ4n) is 3.53. The first kappa shape index (κ1) is 21.3. The van der Waals surface area contributed by atoms with Gasteiger partial charge >= 0.3 is 0 Å². The highest BCUT2D eigenvalue weighted by molar-refractivity contribution is 7.07. The molecule has 2 heterocycles. The van der Waals surface area contributed by atoms with Gasteiger partial charge in [-0.05, 0) is 35.9 Å². The molecule has 1 amide bonds. The van der Waals surface area contributed by atoms with E-state index in [4.69, 9.17) is 4.74 Å². The molecule has 1 saturated heterocycles. The number of rotatable bonds is 6. The number of morpholine rings is 1. The second kappa shape index (κ2) is 9.89. The van der Waals surface area contributed by atoms with E-state index < -0.39 is 0 Å². The highest BCUT2D eigenvalue weighted by atomic mass is 32.1. The Morgan fingerprint density at radius 3 is 2.68 bits per heavy atom. The molecule has 2 aromatic carbocycles. The Labute approximate surface area is 184 Å². The average Bonchev–Trinajstić information content (AvgIpc) is 3.16. The monoisotopic (exact) mass is 440 g/mol. The smallest absolute Gasteiger partial charge is 0.216 e. The van der Waals surface area contributed by atoms with Crippen LogP contribution in [0.2, 0.25) is 0 Å². The molecule has 4 rings (SSSR count). The van der Waals surface area contributed by atoms with Crippen molar-refractivity contribution in [2.45, 2.75) is 13.5 Å². The van der Waals surface area contributed by atoms with Crippen molar-refractivity contribution in [2.24, 2.45) is 4.99 Å². The SMILES string of the molecule is CC(=O)NCCn1c(-c2ccc(N3CCOCC3)cc2)csc1=Nc1cccc(F)c1. The van der Waals surface area contributed by atoms with E-state index in [1.165, 1.54) is 36.1 Å². The molecule has 0 radical (unpaired) electrons. The van der Waals surface area contributed by atoms with Gasteiger partial charge < -0.3 is 19.5 Å². The molecule has 0 saturated carbocycles. The van der Waals surface area contributed by atoms with Crippen LogP contribution in [0.1, 0.15) is 6.92 Å². The van der Waals surface area contributed by atoms with Gasteiger partial charge in [0.2, 0.25) is 5.91 Å². The van der Waals surface area contributed by atoms with Gasteiger partial charge in [-0.25, -0.2) is 9.38 Å². The molecule has 1 aliphatic rings. The van der Waals surface area contributed by atoms with Gasteiger partial charge in [-0.3, -0.25) is 4.79 Å². The van der Waals surface area contributed by atoms with Crippen molar-refractivity contribution in [1.29, 1.82) is 0 Å². The zero-order valence-corrected chi connectivity index (χ0v) is 18.2. The summed E-state index contributed by atoms with van der Waals surface area (Å²) in [4.78, 5) is 19.0. The van der Waals surface area contributed by atoms with Crippen LogP contribution in [0.15, 0.2) is 58.9 Å². The van der Waals surface area contributed by atoms with Crippen LogP contribution in [0.3, 0.4) is 0 Å². The fourth-order valence-corrected chi connectivity index (χ4v) is 4.49. The van der Waals surface area contributed by atoms with Crippen molar-refractivity contribution in [3.8, 4) is 11.3 Å². The van der Waals surface area contributed by atoms with Crippen LogP contribution >= 0.6 is 11.3 Å². The van der Waals surface area contributed by atoms with Crippen LogP contribution in [0.5, 0.6) is 0 Å². The van der Waals surface area contributed by atoms with Gasteiger partial charge in [0.05, 0.1) is 24.6 Å². The third-order valence-corrected chi connectivity index (χ3v) is 5.94. The maximum atomic E-state index is 13.6. The lowest BCUT2D eigenvalue weighted by Gasteiger charge is -2.28. The first-order valence-electron chi connectivity index (χ1n) is 10.3. The summed E-state index contributed by atoms with van der Waals surface area (Å²) in [5, 5.41) is 4.89. The van der Waals surface area contributed by atoms with Crippen molar-refractivity contribution in [3.63, 3.8) is 0 Å². The number of hydrogen-bond donors (Lipinski definition) is 1. The van der Waals surface area contributed by atoms with Gasteiger partial charge in [0, 0.05) is 44.2 Å². The number of nitrogens with zero attached hydrogens (tertiary/aromatic N) is 3. The number of aromatic nitrogens is 1. The van der Waals surface area contributed by atoms with Gasteiger partial charge in [-0.2, -0.15) is 0 Å². The molecule has 1 aromatic heterocycles. The number of hydrogen-bond acceptors (Lipinski definition) is 5. The largest absolute Gasteiger partial charge is 0.378 e. The Hall–Kier alpha value is -2.97. The van der Waals surface area contributed by atoms with Crippen molar-refractivity contribution in [1.82, 2.24) is 9.88 Å². The minimum atomic E-state index is -0.318. The van der Waals surface area contributed by atoms with E-state index in [0.29, 0.717) is 18.8 Å². The van der Waals surface area contributed by atoms with E-state index in [1.54, 1.807) is 12.1 Å². The van der Waals surface area contributed by atoms with E-state index in [9.17, 15) is 9.18 Å². The van der Waals surface area contributed by atoms with Gasteiger partial charge in [0.1, 0.15) is 5.82 Å². The maximum absolute atomic E-state index is 13.6. The van der Waals surface area contributed by atoms with E-state index >= 15 is 0 Å². The first-order valence-corrected chi connectivity index (χ1v) is 11.1. The average molecular weight is 441 g/mol. The molecule has 1 fully saturated rings. The van der Waals surface area contributed by atoms with Crippen LogP contribution in [-0.4, -0.2) is 43.3 Å². The Balaban J connectivity index is 1.66. The molecule has 162 valence electrons. The van der Waals surface area contributed by atoms with Crippen molar-refractivity contribution < 1.29 is 13.9 Å². The number of halogens is 1. The number of carbonyl (C=O) groups excluding carboxylic acids is 1. The van der Waals surface area contributed by atoms with Crippen molar-refractivity contribution >= 4 is 28.6 Å². The lowest BCUT2D eigenvalue weighted by Crippen LogP contribution is -2.36. The Kier molecular flexibility index (Phi) is 6.79. The number of benzene rings is 2. The summed E-state index contributed by atoms with van der Waals surface area (Å²) < 4.78 is 21.1. The number of carbonyl (C=O) groups is 1. The maximum Gasteiger partial charge on any atom is 0.216 e. The minimum absolute atomic E-state index is 0.0733. The summed E-state index contributed by atoms with van der Waals surface area (Å²) in [6, 6.07) is 14.7. The molecule has 0 atom stereocenters. The number of amides is 1. The Morgan fingerprint density at radius 2 is 1.97 bits per heavy atom. The standard InChI is InChI=1S/C23H25FN4O2S/c1-17(29)25-9-10-28-22(16-31-23(28)26-20-4-2-3-19(24)15-20)18-5-7-21(8-6-18)27-11-13-30-14-12-27/h2-8,15-16H,9-14H2,1H3,(H,25,29). The Morgan fingerprint density at radius 1 is 1.19 bits per heavy atom. The second-order valence-electron chi connectivity index (χ2n) is 7.28. The lowest BCUT2D eigenvalue weighted by molar-refractivity contribution is -0.118. The van der Waals surface area contributed by atoms with E-state index in [2.05, 4.69) is 49.4 Å². The molecule has 1 N–H and O–H groups in total. The van der Waals surface area contributed by atoms with Crippen molar-refractivity contribution in [3.05, 3.63) is 64.5 Å². The molecule has 6 nitrogen and oxygen atoms in total. The van der Waals surface area contributed by atoms with Gasteiger partial charge in [0.15, 0.2) is 4.80 Å². The quantitative estimate of drug-likeness (QED) is 0.638. The Bertz CT molecular complexity index is 1100. The molecule has 0 aliphatic carbocycles. The molecule has 0 spiro atoms. The van der Waals surface area contributed by atoms with Gasteiger partial charge in [0.25, 0.3) is 0 Å². The summed E-state index contributed by atoms with van der Waals surface area (Å²) in [6.07, 6.45) is 0. The van der Waals surface area contributed by atoms with Crippen molar-refractivity contribution in [2.75, 3.05) is 37.7 Å². The molecule has 31 heavy (non-hydrogen) atoms. The zero-order chi connectivity index (χ0) is 21.6. The predicted octanol–water partition coefficient (Wildman–Crippen LogP) is 3.56. The third-order valence-electron chi connectivity index (χ3n) is 5.08. The summed E-state index contributed by atoms with van der Waals surface area (Å²) in [7, 11) is 0. The third kappa shape index (κ3) is 5.39. The van der Waals surface area contributed by atoms with Crippen LogP contribution in [0.4, 0.5) is 15.8 Å². The van der Waals surface area contributed by atoms with Crippen LogP contribution in [0.25, 0.3) is 11.3 Å². The molecule has 0 bridgehead atoms. The summed E-state index contributed by atoms with van der Waals surface area (Å²) in [5.74, 6) is -0.391. The fraction of sp³-hybridized carbons (Fsp3) is 0.304. The normalized spacial score (nSPS) is 14.6. The molecular formula is C23H25FN4O2S. The molecular weight excluding hydrogens is 415 g/mol. The minimum Gasteiger partial charge on any atom is -0.378 e. The highest BCUT2D eigenvalue weighted by Gasteiger charge is 2.13. The van der Waals surface area contributed by atoms with Crippen LogP contribution < -0.4 is 15.0 Å². The van der Waals surface area contributed by atoms with Gasteiger partial charge in [-0.1, -0.05) is 18.2 Å².